The third-order valence-electron chi connectivity index (χ3n) is 5.31. The molecule has 2 fully saturated rings. The number of imidazole rings is 1. The number of piperidine rings is 1. The van der Waals surface area contributed by atoms with Crippen LogP contribution >= 0.6 is 0 Å². The van der Waals surface area contributed by atoms with Crippen molar-refractivity contribution in [3.63, 3.8) is 0 Å². The molecular formula is C19H26N4O2. The van der Waals surface area contributed by atoms with Crippen LogP contribution in [0.2, 0.25) is 0 Å². The summed E-state index contributed by atoms with van der Waals surface area (Å²) in [6.45, 7) is 7.29. The van der Waals surface area contributed by atoms with Crippen LogP contribution in [-0.4, -0.2) is 71.1 Å². The molecule has 0 saturated carbocycles. The first-order valence-corrected chi connectivity index (χ1v) is 9.28. The highest BCUT2D eigenvalue weighted by molar-refractivity contribution is 5.97. The quantitative estimate of drug-likeness (QED) is 0.929. The maximum absolute atomic E-state index is 13.2. The fourth-order valence-corrected chi connectivity index (χ4v) is 3.98. The molecule has 6 nitrogen and oxygen atoms in total. The Morgan fingerprint density at radius 1 is 1.28 bits per heavy atom. The van der Waals surface area contributed by atoms with E-state index in [2.05, 4.69) is 19.8 Å². The van der Waals surface area contributed by atoms with Gasteiger partial charge in [-0.3, -0.25) is 9.69 Å². The lowest BCUT2D eigenvalue weighted by atomic mass is 10.00. The van der Waals surface area contributed by atoms with Gasteiger partial charge >= 0.3 is 0 Å². The molecule has 25 heavy (non-hydrogen) atoms. The maximum Gasteiger partial charge on any atom is 0.254 e. The number of likely N-dealkylation sites (tertiary alicyclic amines) is 1. The van der Waals surface area contributed by atoms with Crippen molar-refractivity contribution in [1.82, 2.24) is 19.8 Å². The molecular weight excluding hydrogens is 316 g/mol. The SMILES string of the molecule is Cc1nc2ccc(C(=O)N3CCCC[C@H]3CN3CCOCC3)cc2[nH]1. The molecule has 1 aromatic heterocycles. The summed E-state index contributed by atoms with van der Waals surface area (Å²) in [7, 11) is 0. The topological polar surface area (TPSA) is 61.5 Å². The Morgan fingerprint density at radius 2 is 2.12 bits per heavy atom. The molecule has 1 N–H and O–H groups in total. The molecule has 2 aliphatic rings. The van der Waals surface area contributed by atoms with E-state index in [1.54, 1.807) is 0 Å². The van der Waals surface area contributed by atoms with Crippen LogP contribution in [0.15, 0.2) is 18.2 Å². The predicted molar refractivity (Wildman–Crippen MR) is 96.8 cm³/mol. The Hall–Kier alpha value is -1.92. The summed E-state index contributed by atoms with van der Waals surface area (Å²) < 4.78 is 5.44. The number of ether oxygens (including phenoxy) is 1. The first-order valence-electron chi connectivity index (χ1n) is 9.28. The molecule has 0 bridgehead atoms. The lowest BCUT2D eigenvalue weighted by molar-refractivity contribution is 0.0166. The van der Waals surface area contributed by atoms with Gasteiger partial charge in [0.25, 0.3) is 5.91 Å². The smallest absolute Gasteiger partial charge is 0.254 e. The number of morpholine rings is 1. The van der Waals surface area contributed by atoms with Crippen molar-refractivity contribution in [3.05, 3.63) is 29.6 Å². The number of aromatic amines is 1. The van der Waals surface area contributed by atoms with Gasteiger partial charge in [-0.15, -0.1) is 0 Å². The summed E-state index contributed by atoms with van der Waals surface area (Å²) in [5.41, 5.74) is 2.60. The Labute approximate surface area is 148 Å². The number of H-pyrrole nitrogens is 1. The van der Waals surface area contributed by atoms with Gasteiger partial charge in [0.15, 0.2) is 0 Å². The molecule has 3 heterocycles. The van der Waals surface area contributed by atoms with E-state index in [4.69, 9.17) is 4.74 Å². The number of fused-ring (bicyclic) bond motifs is 1. The van der Waals surface area contributed by atoms with Crippen molar-refractivity contribution in [2.75, 3.05) is 39.4 Å². The highest BCUT2D eigenvalue weighted by Gasteiger charge is 2.29. The van der Waals surface area contributed by atoms with E-state index >= 15 is 0 Å². The zero-order valence-corrected chi connectivity index (χ0v) is 14.8. The van der Waals surface area contributed by atoms with Crippen molar-refractivity contribution in [2.45, 2.75) is 32.2 Å². The molecule has 0 aliphatic carbocycles. The van der Waals surface area contributed by atoms with E-state index < -0.39 is 0 Å². The molecule has 4 rings (SSSR count). The number of rotatable bonds is 3. The second-order valence-electron chi connectivity index (χ2n) is 7.12. The third-order valence-corrected chi connectivity index (χ3v) is 5.31. The van der Waals surface area contributed by atoms with Gasteiger partial charge in [-0.25, -0.2) is 4.98 Å². The Bertz CT molecular complexity index is 751. The fraction of sp³-hybridized carbons (Fsp3) is 0.579. The van der Waals surface area contributed by atoms with E-state index in [-0.39, 0.29) is 5.91 Å². The van der Waals surface area contributed by atoms with Crippen LogP contribution < -0.4 is 0 Å². The molecule has 1 amide bonds. The van der Waals surface area contributed by atoms with Gasteiger partial charge in [0, 0.05) is 37.8 Å². The summed E-state index contributed by atoms with van der Waals surface area (Å²) >= 11 is 0. The van der Waals surface area contributed by atoms with Gasteiger partial charge in [0.2, 0.25) is 0 Å². The summed E-state index contributed by atoms with van der Waals surface area (Å²) in [6, 6.07) is 6.09. The minimum atomic E-state index is 0.145. The Balaban J connectivity index is 1.52. The third kappa shape index (κ3) is 3.55. The standard InChI is InChI=1S/C19H26N4O2/c1-14-20-17-6-5-15(12-18(17)21-14)19(24)23-7-3-2-4-16(23)13-22-8-10-25-11-9-22/h5-6,12,16H,2-4,7-11,13H2,1H3,(H,20,21)/t16-/m0/s1. The number of carbonyl (C=O) groups excluding carboxylic acids is 1. The first kappa shape index (κ1) is 16.5. The number of carbonyl (C=O) groups is 1. The van der Waals surface area contributed by atoms with E-state index in [9.17, 15) is 4.79 Å². The molecule has 0 spiro atoms. The summed E-state index contributed by atoms with van der Waals surface area (Å²) in [4.78, 5) is 25.3. The number of benzene rings is 1. The molecule has 2 saturated heterocycles. The Morgan fingerprint density at radius 3 is 2.96 bits per heavy atom. The molecule has 2 aromatic rings. The molecule has 134 valence electrons. The van der Waals surface area contributed by atoms with Gasteiger partial charge in [-0.1, -0.05) is 0 Å². The fourth-order valence-electron chi connectivity index (χ4n) is 3.98. The minimum Gasteiger partial charge on any atom is -0.379 e. The number of nitrogens with zero attached hydrogens (tertiary/aromatic N) is 3. The zero-order valence-electron chi connectivity index (χ0n) is 14.8. The average molecular weight is 342 g/mol. The largest absolute Gasteiger partial charge is 0.379 e. The van der Waals surface area contributed by atoms with Crippen molar-refractivity contribution >= 4 is 16.9 Å². The molecule has 0 radical (unpaired) electrons. The Kier molecular flexibility index (Phi) is 4.72. The van der Waals surface area contributed by atoms with Gasteiger partial charge in [0.1, 0.15) is 5.82 Å². The van der Waals surface area contributed by atoms with Crippen LogP contribution in [0.1, 0.15) is 35.4 Å². The zero-order chi connectivity index (χ0) is 17.2. The van der Waals surface area contributed by atoms with E-state index in [1.165, 1.54) is 6.42 Å². The van der Waals surface area contributed by atoms with Gasteiger partial charge in [0.05, 0.1) is 24.2 Å². The van der Waals surface area contributed by atoms with Gasteiger partial charge in [-0.2, -0.15) is 0 Å². The highest BCUT2D eigenvalue weighted by Crippen LogP contribution is 2.22. The van der Waals surface area contributed by atoms with Crippen LogP contribution in [0.25, 0.3) is 11.0 Å². The van der Waals surface area contributed by atoms with Crippen molar-refractivity contribution in [3.8, 4) is 0 Å². The molecule has 0 unspecified atom stereocenters. The number of hydrogen-bond donors (Lipinski definition) is 1. The average Bonchev–Trinajstić information content (AvgIpc) is 3.01. The van der Waals surface area contributed by atoms with Crippen molar-refractivity contribution in [1.29, 1.82) is 0 Å². The van der Waals surface area contributed by atoms with Crippen LogP contribution in [0.4, 0.5) is 0 Å². The predicted octanol–water partition coefficient (Wildman–Crippen LogP) is 2.20. The lowest BCUT2D eigenvalue weighted by Crippen LogP contribution is -2.51. The van der Waals surface area contributed by atoms with Gasteiger partial charge in [-0.05, 0) is 44.4 Å². The normalized spacial score (nSPS) is 22.4. The van der Waals surface area contributed by atoms with Crippen LogP contribution in [0, 0.1) is 6.92 Å². The lowest BCUT2D eigenvalue weighted by Gasteiger charge is -2.39. The number of amides is 1. The molecule has 6 heteroatoms. The molecule has 1 aromatic carbocycles. The van der Waals surface area contributed by atoms with Crippen LogP contribution in [-0.2, 0) is 4.74 Å². The number of hydrogen-bond acceptors (Lipinski definition) is 4. The maximum atomic E-state index is 13.2. The monoisotopic (exact) mass is 342 g/mol. The second-order valence-corrected chi connectivity index (χ2v) is 7.12. The van der Waals surface area contributed by atoms with Crippen molar-refractivity contribution < 1.29 is 9.53 Å². The van der Waals surface area contributed by atoms with E-state index in [1.807, 2.05) is 25.1 Å². The van der Waals surface area contributed by atoms with E-state index in [0.717, 1.165) is 74.7 Å². The summed E-state index contributed by atoms with van der Waals surface area (Å²) in [6.07, 6.45) is 3.39. The van der Waals surface area contributed by atoms with Gasteiger partial charge < -0.3 is 14.6 Å². The highest BCUT2D eigenvalue weighted by atomic mass is 16.5. The molecule has 1 atom stereocenters. The molecule has 2 aliphatic heterocycles. The second kappa shape index (κ2) is 7.14. The number of aryl methyl sites for hydroxylation is 1. The summed E-state index contributed by atoms with van der Waals surface area (Å²) in [5.74, 6) is 1.02. The van der Waals surface area contributed by atoms with Crippen LogP contribution in [0.3, 0.4) is 0 Å². The minimum absolute atomic E-state index is 0.145. The first-order chi connectivity index (χ1) is 12.2. The van der Waals surface area contributed by atoms with Crippen molar-refractivity contribution in [2.24, 2.45) is 0 Å². The van der Waals surface area contributed by atoms with Crippen LogP contribution in [0.5, 0.6) is 0 Å². The van der Waals surface area contributed by atoms with E-state index in [0.29, 0.717) is 6.04 Å². The number of nitrogens with one attached hydrogen (secondary N) is 1. The number of aromatic nitrogens is 2. The summed E-state index contributed by atoms with van der Waals surface area (Å²) in [5, 5.41) is 0.